The average molecular weight is 328 g/mol. The highest BCUT2D eigenvalue weighted by Crippen LogP contribution is 2.59. The van der Waals surface area contributed by atoms with Gasteiger partial charge in [0.05, 0.1) is 13.2 Å². The fraction of sp³-hybridized carbons (Fsp3) is 0.875. The van der Waals surface area contributed by atoms with Crippen molar-refractivity contribution < 1.29 is 23.1 Å². The SMILES string of the molecule is O=C(C1CC(F)(F)C1)N1CCC2(CC2C(=O)N2CCOCC2)C1. The van der Waals surface area contributed by atoms with Gasteiger partial charge >= 0.3 is 0 Å². The van der Waals surface area contributed by atoms with Crippen molar-refractivity contribution in [3.05, 3.63) is 0 Å². The molecule has 2 amide bonds. The lowest BCUT2D eigenvalue weighted by Crippen LogP contribution is -2.46. The van der Waals surface area contributed by atoms with Crippen LogP contribution in [0.4, 0.5) is 8.78 Å². The molecule has 0 bridgehead atoms. The zero-order chi connectivity index (χ0) is 16.2. The molecular formula is C16H22F2N2O3. The minimum Gasteiger partial charge on any atom is -0.378 e. The molecule has 2 saturated carbocycles. The molecule has 4 rings (SSSR count). The Labute approximate surface area is 133 Å². The minimum atomic E-state index is -2.66. The molecule has 2 saturated heterocycles. The smallest absolute Gasteiger partial charge is 0.249 e. The highest BCUT2D eigenvalue weighted by Gasteiger charge is 2.63. The number of ether oxygens (including phenoxy) is 1. The maximum Gasteiger partial charge on any atom is 0.249 e. The van der Waals surface area contributed by atoms with Crippen molar-refractivity contribution in [2.45, 2.75) is 31.6 Å². The van der Waals surface area contributed by atoms with E-state index in [1.807, 2.05) is 4.90 Å². The van der Waals surface area contributed by atoms with Crippen molar-refractivity contribution >= 4 is 11.8 Å². The van der Waals surface area contributed by atoms with Crippen molar-refractivity contribution in [2.75, 3.05) is 39.4 Å². The highest BCUT2D eigenvalue weighted by atomic mass is 19.3. The van der Waals surface area contributed by atoms with Gasteiger partial charge in [-0.1, -0.05) is 0 Å². The molecular weight excluding hydrogens is 306 g/mol. The van der Waals surface area contributed by atoms with Crippen LogP contribution in [0.3, 0.4) is 0 Å². The third kappa shape index (κ3) is 2.62. The van der Waals surface area contributed by atoms with Gasteiger partial charge in [0.2, 0.25) is 17.7 Å². The first kappa shape index (κ1) is 15.3. The molecule has 0 aromatic carbocycles. The summed E-state index contributed by atoms with van der Waals surface area (Å²) in [5, 5.41) is 0. The molecule has 4 fully saturated rings. The molecule has 2 aliphatic heterocycles. The van der Waals surface area contributed by atoms with Gasteiger partial charge in [0.15, 0.2) is 0 Å². The van der Waals surface area contributed by atoms with Crippen molar-refractivity contribution in [3.8, 4) is 0 Å². The first-order chi connectivity index (χ1) is 10.9. The number of rotatable bonds is 2. The Hall–Kier alpha value is -1.24. The van der Waals surface area contributed by atoms with Crippen LogP contribution in [-0.4, -0.2) is 66.9 Å². The second-order valence-electron chi connectivity index (χ2n) is 7.53. The molecule has 128 valence electrons. The summed E-state index contributed by atoms with van der Waals surface area (Å²) in [6.45, 7) is 3.64. The molecule has 23 heavy (non-hydrogen) atoms. The van der Waals surface area contributed by atoms with Crippen LogP contribution in [0.2, 0.25) is 0 Å². The quantitative estimate of drug-likeness (QED) is 0.763. The van der Waals surface area contributed by atoms with Gasteiger partial charge in [-0.05, 0) is 12.8 Å². The Morgan fingerprint density at radius 1 is 0.957 bits per heavy atom. The lowest BCUT2D eigenvalue weighted by atomic mass is 9.80. The molecule has 2 unspecified atom stereocenters. The molecule has 4 aliphatic rings. The van der Waals surface area contributed by atoms with Crippen LogP contribution in [0.15, 0.2) is 0 Å². The van der Waals surface area contributed by atoms with Crippen molar-refractivity contribution in [1.82, 2.24) is 9.80 Å². The third-order valence-electron chi connectivity index (χ3n) is 5.95. The topological polar surface area (TPSA) is 49.9 Å². The number of carbonyl (C=O) groups excluding carboxylic acids is 2. The summed E-state index contributed by atoms with van der Waals surface area (Å²) in [5.41, 5.74) is -0.0860. The number of hydrogen-bond acceptors (Lipinski definition) is 3. The molecule has 0 aromatic heterocycles. The summed E-state index contributed by atoms with van der Waals surface area (Å²) < 4.78 is 31.2. The average Bonchev–Trinajstić information content (AvgIpc) is 3.04. The molecule has 2 aliphatic carbocycles. The summed E-state index contributed by atoms with van der Waals surface area (Å²) in [7, 11) is 0. The van der Waals surface area contributed by atoms with E-state index in [9.17, 15) is 18.4 Å². The first-order valence-electron chi connectivity index (χ1n) is 8.43. The zero-order valence-corrected chi connectivity index (χ0v) is 13.1. The van der Waals surface area contributed by atoms with Gasteiger partial charge in [0.25, 0.3) is 0 Å². The van der Waals surface area contributed by atoms with Crippen LogP contribution in [0.25, 0.3) is 0 Å². The van der Waals surface area contributed by atoms with Crippen molar-refractivity contribution in [3.63, 3.8) is 0 Å². The van der Waals surface area contributed by atoms with Crippen molar-refractivity contribution in [1.29, 1.82) is 0 Å². The molecule has 1 spiro atoms. The summed E-state index contributed by atoms with van der Waals surface area (Å²) in [6.07, 6.45) is 1.02. The van der Waals surface area contributed by atoms with Gasteiger partial charge in [-0.2, -0.15) is 0 Å². The standard InChI is InChI=1S/C16H22F2N2O3/c17-16(18)7-11(8-16)13(21)20-2-1-15(10-20)9-12(15)14(22)19-3-5-23-6-4-19/h11-12H,1-10H2. The second-order valence-corrected chi connectivity index (χ2v) is 7.53. The van der Waals surface area contributed by atoms with Gasteiger partial charge in [0.1, 0.15) is 0 Å². The number of hydrogen-bond donors (Lipinski definition) is 0. The van der Waals surface area contributed by atoms with Crippen LogP contribution < -0.4 is 0 Å². The van der Waals surface area contributed by atoms with Gasteiger partial charge in [0, 0.05) is 56.3 Å². The third-order valence-corrected chi connectivity index (χ3v) is 5.95. The second kappa shape index (κ2) is 5.13. The van der Waals surface area contributed by atoms with Gasteiger partial charge in [-0.3, -0.25) is 9.59 Å². The van der Waals surface area contributed by atoms with E-state index in [0.29, 0.717) is 39.4 Å². The van der Waals surface area contributed by atoms with E-state index in [4.69, 9.17) is 4.74 Å². The number of carbonyl (C=O) groups is 2. The number of likely N-dealkylation sites (tertiary alicyclic amines) is 1. The van der Waals surface area contributed by atoms with E-state index in [2.05, 4.69) is 0 Å². The monoisotopic (exact) mass is 328 g/mol. The largest absolute Gasteiger partial charge is 0.378 e. The first-order valence-corrected chi connectivity index (χ1v) is 8.43. The Morgan fingerprint density at radius 2 is 1.65 bits per heavy atom. The summed E-state index contributed by atoms with van der Waals surface area (Å²) >= 11 is 0. The molecule has 0 N–H and O–H groups in total. The molecule has 0 radical (unpaired) electrons. The fourth-order valence-corrected chi connectivity index (χ4v) is 4.33. The number of amides is 2. The Kier molecular flexibility index (Phi) is 3.41. The number of morpholine rings is 1. The summed E-state index contributed by atoms with van der Waals surface area (Å²) in [6, 6.07) is 0. The zero-order valence-electron chi connectivity index (χ0n) is 13.1. The number of halogens is 2. The van der Waals surface area contributed by atoms with E-state index in [1.165, 1.54) is 0 Å². The predicted octanol–water partition coefficient (Wildman–Crippen LogP) is 1.13. The normalized spacial score (nSPS) is 36.2. The summed E-state index contributed by atoms with van der Waals surface area (Å²) in [4.78, 5) is 28.4. The van der Waals surface area contributed by atoms with E-state index >= 15 is 0 Å². The Bertz CT molecular complexity index is 527. The van der Waals surface area contributed by atoms with Crippen LogP contribution in [0.5, 0.6) is 0 Å². The van der Waals surface area contributed by atoms with E-state index in [1.54, 1.807) is 4.90 Å². The van der Waals surface area contributed by atoms with Crippen LogP contribution in [-0.2, 0) is 14.3 Å². The van der Waals surface area contributed by atoms with E-state index < -0.39 is 11.8 Å². The highest BCUT2D eigenvalue weighted by molar-refractivity contribution is 5.84. The fourth-order valence-electron chi connectivity index (χ4n) is 4.33. The number of alkyl halides is 2. The molecule has 0 aromatic rings. The van der Waals surface area contributed by atoms with E-state index in [-0.39, 0.29) is 36.0 Å². The van der Waals surface area contributed by atoms with Gasteiger partial charge in [-0.25, -0.2) is 8.78 Å². The molecule has 2 atom stereocenters. The minimum absolute atomic E-state index is 0.00114. The summed E-state index contributed by atoms with van der Waals surface area (Å²) in [5.74, 6) is -3.14. The van der Waals surface area contributed by atoms with Crippen LogP contribution in [0.1, 0.15) is 25.7 Å². The van der Waals surface area contributed by atoms with Gasteiger partial charge in [-0.15, -0.1) is 0 Å². The predicted molar refractivity (Wildman–Crippen MR) is 76.8 cm³/mol. The maximum atomic E-state index is 12.9. The molecule has 5 nitrogen and oxygen atoms in total. The Morgan fingerprint density at radius 3 is 2.30 bits per heavy atom. The lowest BCUT2D eigenvalue weighted by molar-refractivity contribution is -0.159. The van der Waals surface area contributed by atoms with Crippen LogP contribution in [0, 0.1) is 17.3 Å². The lowest BCUT2D eigenvalue weighted by Gasteiger charge is -2.36. The maximum absolute atomic E-state index is 12.9. The molecule has 2 heterocycles. The van der Waals surface area contributed by atoms with Crippen LogP contribution >= 0.6 is 0 Å². The van der Waals surface area contributed by atoms with Gasteiger partial charge < -0.3 is 14.5 Å². The molecule has 7 heteroatoms. The van der Waals surface area contributed by atoms with Crippen molar-refractivity contribution in [2.24, 2.45) is 17.3 Å². The van der Waals surface area contributed by atoms with E-state index in [0.717, 1.165) is 12.8 Å². The number of nitrogens with zero attached hydrogens (tertiary/aromatic N) is 2. The Balaban J connectivity index is 1.32.